The van der Waals surface area contributed by atoms with Crippen molar-refractivity contribution in [1.82, 2.24) is 5.32 Å². The molecule has 1 heterocycles. The highest BCUT2D eigenvalue weighted by atomic mass is 32.2. The van der Waals surface area contributed by atoms with E-state index in [9.17, 15) is 0 Å². The van der Waals surface area contributed by atoms with Gasteiger partial charge in [-0.3, -0.25) is 0 Å². The summed E-state index contributed by atoms with van der Waals surface area (Å²) >= 11 is 2.05. The molecule has 1 aliphatic carbocycles. The molecule has 0 saturated heterocycles. The van der Waals surface area contributed by atoms with E-state index in [0.29, 0.717) is 11.5 Å². The molecule has 1 aromatic rings. The summed E-state index contributed by atoms with van der Waals surface area (Å²) in [5.41, 5.74) is 3.67. The first-order valence-electron chi connectivity index (χ1n) is 6.16. The number of thioether (sulfide) groups is 1. The normalized spacial score (nSPS) is 26.2. The quantitative estimate of drug-likeness (QED) is 0.859. The SMILES string of the molecule is CC1(CNC2CSCc3ccccc32)CC1. The van der Waals surface area contributed by atoms with Crippen molar-refractivity contribution in [2.24, 2.45) is 5.41 Å². The molecule has 1 nitrogen and oxygen atoms in total. The van der Waals surface area contributed by atoms with Gasteiger partial charge in [0.25, 0.3) is 0 Å². The molecule has 3 rings (SSSR count). The van der Waals surface area contributed by atoms with Crippen molar-refractivity contribution in [1.29, 1.82) is 0 Å². The monoisotopic (exact) mass is 233 g/mol. The standard InChI is InChI=1S/C14H19NS/c1-14(6-7-14)10-15-13-9-16-8-11-4-2-3-5-12(11)13/h2-5,13,15H,6-10H2,1H3. The van der Waals surface area contributed by atoms with Gasteiger partial charge < -0.3 is 5.32 Å². The zero-order chi connectivity index (χ0) is 11.0. The van der Waals surface area contributed by atoms with Crippen LogP contribution in [0.3, 0.4) is 0 Å². The van der Waals surface area contributed by atoms with Gasteiger partial charge in [0, 0.05) is 24.1 Å². The van der Waals surface area contributed by atoms with Crippen LogP contribution < -0.4 is 5.32 Å². The summed E-state index contributed by atoms with van der Waals surface area (Å²) in [6.07, 6.45) is 2.81. The summed E-state index contributed by atoms with van der Waals surface area (Å²) in [5.74, 6) is 2.42. The second-order valence-electron chi connectivity index (χ2n) is 5.46. The minimum atomic E-state index is 0.576. The molecule has 0 radical (unpaired) electrons. The van der Waals surface area contributed by atoms with Crippen molar-refractivity contribution in [3.05, 3.63) is 35.4 Å². The van der Waals surface area contributed by atoms with Gasteiger partial charge in [-0.25, -0.2) is 0 Å². The van der Waals surface area contributed by atoms with Crippen LogP contribution in [0.1, 0.15) is 36.9 Å². The lowest BCUT2D eigenvalue weighted by Gasteiger charge is -2.27. The Hall–Kier alpha value is -0.470. The lowest BCUT2D eigenvalue weighted by molar-refractivity contribution is 0.458. The van der Waals surface area contributed by atoms with Gasteiger partial charge in [-0.05, 0) is 29.4 Å². The molecule has 86 valence electrons. The molecular formula is C14H19NS. The Balaban J connectivity index is 1.71. The van der Waals surface area contributed by atoms with Crippen molar-refractivity contribution in [3.63, 3.8) is 0 Å². The topological polar surface area (TPSA) is 12.0 Å². The molecule has 2 aliphatic rings. The van der Waals surface area contributed by atoms with E-state index >= 15 is 0 Å². The average molecular weight is 233 g/mol. The zero-order valence-electron chi connectivity index (χ0n) is 9.83. The van der Waals surface area contributed by atoms with E-state index < -0.39 is 0 Å². The van der Waals surface area contributed by atoms with Crippen LogP contribution in [0.5, 0.6) is 0 Å². The Bertz CT molecular complexity index is 384. The van der Waals surface area contributed by atoms with E-state index in [1.807, 2.05) is 0 Å². The van der Waals surface area contributed by atoms with E-state index in [1.165, 1.54) is 42.0 Å². The number of hydrogen-bond acceptors (Lipinski definition) is 2. The summed E-state index contributed by atoms with van der Waals surface area (Å²) in [6, 6.07) is 9.47. The summed E-state index contributed by atoms with van der Waals surface area (Å²) < 4.78 is 0. The van der Waals surface area contributed by atoms with Crippen LogP contribution in [-0.2, 0) is 5.75 Å². The molecule has 0 amide bonds. The van der Waals surface area contributed by atoms with Crippen molar-refractivity contribution in [2.45, 2.75) is 31.6 Å². The van der Waals surface area contributed by atoms with Gasteiger partial charge in [-0.1, -0.05) is 31.2 Å². The second kappa shape index (κ2) is 4.08. The maximum atomic E-state index is 3.76. The minimum Gasteiger partial charge on any atom is -0.309 e. The fourth-order valence-corrected chi connectivity index (χ4v) is 3.44. The number of fused-ring (bicyclic) bond motifs is 1. The van der Waals surface area contributed by atoms with Gasteiger partial charge in [-0.2, -0.15) is 11.8 Å². The highest BCUT2D eigenvalue weighted by molar-refractivity contribution is 7.98. The molecule has 1 fully saturated rings. The highest BCUT2D eigenvalue weighted by Gasteiger charge is 2.37. The fourth-order valence-electron chi connectivity index (χ4n) is 2.31. The predicted molar refractivity (Wildman–Crippen MR) is 70.7 cm³/mol. The molecule has 1 aliphatic heterocycles. The smallest absolute Gasteiger partial charge is 0.0415 e. The second-order valence-corrected chi connectivity index (χ2v) is 6.49. The summed E-state index contributed by atoms with van der Waals surface area (Å²) in [7, 11) is 0. The first-order valence-corrected chi connectivity index (χ1v) is 7.31. The summed E-state index contributed by atoms with van der Waals surface area (Å²) in [4.78, 5) is 0. The zero-order valence-corrected chi connectivity index (χ0v) is 10.6. The van der Waals surface area contributed by atoms with Crippen LogP contribution in [0.4, 0.5) is 0 Å². The van der Waals surface area contributed by atoms with Gasteiger partial charge in [0.1, 0.15) is 0 Å². The predicted octanol–water partition coefficient (Wildman–Crippen LogP) is 3.36. The summed E-state index contributed by atoms with van der Waals surface area (Å²) in [6.45, 7) is 3.58. The third kappa shape index (κ3) is 2.14. The van der Waals surface area contributed by atoms with Crippen LogP contribution in [-0.4, -0.2) is 12.3 Å². The summed E-state index contributed by atoms with van der Waals surface area (Å²) in [5, 5.41) is 3.76. The van der Waals surface area contributed by atoms with E-state index in [0.717, 1.165) is 0 Å². The van der Waals surface area contributed by atoms with Gasteiger partial charge in [0.15, 0.2) is 0 Å². The first kappa shape index (κ1) is 10.7. The third-order valence-electron chi connectivity index (χ3n) is 3.85. The maximum absolute atomic E-state index is 3.76. The van der Waals surface area contributed by atoms with Crippen LogP contribution >= 0.6 is 11.8 Å². The van der Waals surface area contributed by atoms with Crippen LogP contribution in [0.25, 0.3) is 0 Å². The fraction of sp³-hybridized carbons (Fsp3) is 0.571. The van der Waals surface area contributed by atoms with E-state index in [2.05, 4.69) is 48.3 Å². The Kier molecular flexibility index (Phi) is 2.72. The van der Waals surface area contributed by atoms with Gasteiger partial charge in [0.05, 0.1) is 0 Å². The van der Waals surface area contributed by atoms with E-state index in [4.69, 9.17) is 0 Å². The number of hydrogen-bond donors (Lipinski definition) is 1. The average Bonchev–Trinajstić information content (AvgIpc) is 3.05. The van der Waals surface area contributed by atoms with Crippen LogP contribution in [0.2, 0.25) is 0 Å². The van der Waals surface area contributed by atoms with Crippen molar-refractivity contribution in [3.8, 4) is 0 Å². The molecule has 0 spiro atoms. The molecule has 1 N–H and O–H groups in total. The third-order valence-corrected chi connectivity index (χ3v) is 4.94. The molecule has 2 heteroatoms. The van der Waals surface area contributed by atoms with Crippen LogP contribution in [0, 0.1) is 5.41 Å². The van der Waals surface area contributed by atoms with Gasteiger partial charge in [0.2, 0.25) is 0 Å². The molecule has 1 saturated carbocycles. The van der Waals surface area contributed by atoms with Gasteiger partial charge in [-0.15, -0.1) is 0 Å². The van der Waals surface area contributed by atoms with E-state index in [-0.39, 0.29) is 0 Å². The molecular weight excluding hydrogens is 214 g/mol. The number of benzene rings is 1. The van der Waals surface area contributed by atoms with Crippen LogP contribution in [0.15, 0.2) is 24.3 Å². The largest absolute Gasteiger partial charge is 0.309 e. The van der Waals surface area contributed by atoms with Crippen molar-refractivity contribution in [2.75, 3.05) is 12.3 Å². The number of nitrogens with one attached hydrogen (secondary N) is 1. The Morgan fingerprint density at radius 1 is 1.38 bits per heavy atom. The molecule has 1 unspecified atom stereocenters. The Morgan fingerprint density at radius 3 is 3.00 bits per heavy atom. The van der Waals surface area contributed by atoms with E-state index in [1.54, 1.807) is 0 Å². The first-order chi connectivity index (χ1) is 7.77. The van der Waals surface area contributed by atoms with Crippen molar-refractivity contribution < 1.29 is 0 Å². The van der Waals surface area contributed by atoms with Gasteiger partial charge >= 0.3 is 0 Å². The molecule has 16 heavy (non-hydrogen) atoms. The Morgan fingerprint density at radius 2 is 2.19 bits per heavy atom. The highest BCUT2D eigenvalue weighted by Crippen LogP contribution is 2.44. The lowest BCUT2D eigenvalue weighted by atomic mass is 10.0. The maximum Gasteiger partial charge on any atom is 0.0415 e. The molecule has 1 atom stereocenters. The molecule has 0 bridgehead atoms. The van der Waals surface area contributed by atoms with Crippen molar-refractivity contribution >= 4 is 11.8 Å². The lowest BCUT2D eigenvalue weighted by Crippen LogP contribution is -2.30. The minimum absolute atomic E-state index is 0.576. The molecule has 1 aromatic carbocycles. The molecule has 0 aromatic heterocycles. The number of rotatable bonds is 3. The Labute approximate surface area is 102 Å².